The van der Waals surface area contributed by atoms with Crippen LogP contribution in [0.4, 0.5) is 0 Å². The van der Waals surface area contributed by atoms with Crippen LogP contribution in [-0.2, 0) is 11.2 Å². The summed E-state index contributed by atoms with van der Waals surface area (Å²) in [4.78, 5) is 16.3. The molecule has 96 valence electrons. The predicted molar refractivity (Wildman–Crippen MR) is 70.2 cm³/mol. The Labute approximate surface area is 108 Å². The highest BCUT2D eigenvalue weighted by molar-refractivity contribution is 5.86. The lowest BCUT2D eigenvalue weighted by Crippen LogP contribution is -2.37. The average molecular weight is 244 g/mol. The highest BCUT2D eigenvalue weighted by Crippen LogP contribution is 2.33. The van der Waals surface area contributed by atoms with Crippen molar-refractivity contribution in [3.8, 4) is 0 Å². The van der Waals surface area contributed by atoms with E-state index in [9.17, 15) is 4.79 Å². The number of hydrogen-bond acceptors (Lipinski definition) is 3. The molecule has 1 aliphatic carbocycles. The fourth-order valence-electron chi connectivity index (χ4n) is 3.39. The zero-order valence-electron chi connectivity index (χ0n) is 10.6. The van der Waals surface area contributed by atoms with Crippen LogP contribution >= 0.6 is 0 Å². The molecule has 0 spiro atoms. The summed E-state index contributed by atoms with van der Waals surface area (Å²) in [6, 6.07) is 4.55. The van der Waals surface area contributed by atoms with Crippen molar-refractivity contribution in [2.75, 3.05) is 0 Å². The fraction of sp³-hybridized carbons (Fsp3) is 0.600. The first-order valence-corrected chi connectivity index (χ1v) is 7.00. The molecule has 3 unspecified atom stereocenters. The van der Waals surface area contributed by atoms with Crippen molar-refractivity contribution >= 4 is 5.78 Å². The quantitative estimate of drug-likeness (QED) is 0.885. The third-order valence-corrected chi connectivity index (χ3v) is 4.35. The number of hydrogen-bond donors (Lipinski definition) is 1. The topological polar surface area (TPSA) is 42.0 Å². The molecule has 2 fully saturated rings. The van der Waals surface area contributed by atoms with Crippen LogP contribution in [0.5, 0.6) is 0 Å². The lowest BCUT2D eigenvalue weighted by atomic mass is 9.84. The summed E-state index contributed by atoms with van der Waals surface area (Å²) in [6.07, 6.45) is 10.3. The van der Waals surface area contributed by atoms with Gasteiger partial charge in [0.05, 0.1) is 6.04 Å². The van der Waals surface area contributed by atoms with E-state index in [2.05, 4.69) is 10.3 Å². The van der Waals surface area contributed by atoms with Gasteiger partial charge in [0.2, 0.25) is 0 Å². The van der Waals surface area contributed by atoms with Gasteiger partial charge in [-0.25, -0.2) is 0 Å². The largest absolute Gasteiger partial charge is 0.304 e. The molecular formula is C15H20N2O. The summed E-state index contributed by atoms with van der Waals surface area (Å²) in [5.74, 6) is 1.07. The fourth-order valence-corrected chi connectivity index (χ4v) is 3.39. The maximum absolute atomic E-state index is 12.3. The zero-order valence-corrected chi connectivity index (χ0v) is 10.6. The van der Waals surface area contributed by atoms with Gasteiger partial charge in [-0.3, -0.25) is 9.78 Å². The molecule has 18 heavy (non-hydrogen) atoms. The Morgan fingerprint density at radius 3 is 3.06 bits per heavy atom. The number of ketones is 1. The Bertz CT molecular complexity index is 404. The second-order valence-electron chi connectivity index (χ2n) is 5.61. The van der Waals surface area contributed by atoms with E-state index in [0.717, 1.165) is 17.9 Å². The van der Waals surface area contributed by atoms with E-state index in [-0.39, 0.29) is 6.04 Å². The molecule has 0 bridgehead atoms. The molecule has 0 amide bonds. The number of rotatable bonds is 3. The van der Waals surface area contributed by atoms with Gasteiger partial charge in [0.15, 0.2) is 5.78 Å². The van der Waals surface area contributed by atoms with Crippen molar-refractivity contribution in [1.29, 1.82) is 0 Å². The van der Waals surface area contributed by atoms with Crippen LogP contribution in [0.1, 0.15) is 37.7 Å². The number of nitrogens with one attached hydrogen (secondary N) is 1. The summed E-state index contributed by atoms with van der Waals surface area (Å²) in [5.41, 5.74) is 1.03. The van der Waals surface area contributed by atoms with Crippen LogP contribution in [0.15, 0.2) is 24.5 Å². The van der Waals surface area contributed by atoms with Gasteiger partial charge < -0.3 is 5.32 Å². The molecule has 1 N–H and O–H groups in total. The van der Waals surface area contributed by atoms with Gasteiger partial charge in [0, 0.05) is 24.9 Å². The van der Waals surface area contributed by atoms with E-state index in [1.54, 1.807) is 12.4 Å². The Kier molecular flexibility index (Phi) is 3.41. The number of carbonyl (C=O) groups is 1. The van der Waals surface area contributed by atoms with Gasteiger partial charge in [-0.1, -0.05) is 18.9 Å². The second-order valence-corrected chi connectivity index (χ2v) is 5.61. The highest BCUT2D eigenvalue weighted by atomic mass is 16.1. The second kappa shape index (κ2) is 5.19. The molecule has 1 saturated carbocycles. The lowest BCUT2D eigenvalue weighted by molar-refractivity contribution is -0.120. The van der Waals surface area contributed by atoms with Gasteiger partial charge in [0.1, 0.15) is 0 Å². The Hall–Kier alpha value is -1.22. The third kappa shape index (κ3) is 2.46. The van der Waals surface area contributed by atoms with Crippen molar-refractivity contribution in [3.63, 3.8) is 0 Å². The van der Waals surface area contributed by atoms with Gasteiger partial charge in [-0.15, -0.1) is 0 Å². The van der Waals surface area contributed by atoms with Crippen LogP contribution in [0.2, 0.25) is 0 Å². The molecule has 0 radical (unpaired) electrons. The van der Waals surface area contributed by atoms with Crippen LogP contribution in [0.3, 0.4) is 0 Å². The number of carbonyl (C=O) groups excluding carboxylic acids is 1. The van der Waals surface area contributed by atoms with Crippen LogP contribution < -0.4 is 5.32 Å². The summed E-state index contributed by atoms with van der Waals surface area (Å²) in [7, 11) is 0. The SMILES string of the molecule is O=C(Cc1cccnc1)C1CC2CCCCC2N1. The van der Waals surface area contributed by atoms with Gasteiger partial charge >= 0.3 is 0 Å². The predicted octanol–water partition coefficient (Wildman–Crippen LogP) is 2.11. The minimum Gasteiger partial charge on any atom is -0.304 e. The number of aromatic nitrogens is 1. The number of Topliss-reactive ketones (excluding diaryl/α,β-unsaturated/α-hetero) is 1. The Morgan fingerprint density at radius 2 is 2.28 bits per heavy atom. The number of fused-ring (bicyclic) bond motifs is 1. The maximum Gasteiger partial charge on any atom is 0.154 e. The lowest BCUT2D eigenvalue weighted by Gasteiger charge is -2.24. The highest BCUT2D eigenvalue weighted by Gasteiger charge is 2.37. The van der Waals surface area contributed by atoms with E-state index < -0.39 is 0 Å². The molecule has 0 aromatic carbocycles. The molecule has 2 heterocycles. The van der Waals surface area contributed by atoms with Gasteiger partial charge in [0.25, 0.3) is 0 Å². The first kappa shape index (κ1) is 11.8. The minimum atomic E-state index is 0.0818. The van der Waals surface area contributed by atoms with E-state index in [1.807, 2.05) is 12.1 Å². The van der Waals surface area contributed by atoms with E-state index in [0.29, 0.717) is 18.2 Å². The molecule has 1 aromatic heterocycles. The van der Waals surface area contributed by atoms with Crippen molar-refractivity contribution in [2.24, 2.45) is 5.92 Å². The van der Waals surface area contributed by atoms with Crippen LogP contribution in [0.25, 0.3) is 0 Å². The van der Waals surface area contributed by atoms with Crippen molar-refractivity contribution in [3.05, 3.63) is 30.1 Å². The monoisotopic (exact) mass is 244 g/mol. The van der Waals surface area contributed by atoms with Crippen molar-refractivity contribution < 1.29 is 4.79 Å². The molecule has 3 nitrogen and oxygen atoms in total. The van der Waals surface area contributed by atoms with Crippen molar-refractivity contribution in [2.45, 2.75) is 50.6 Å². The molecule has 3 rings (SSSR count). The number of nitrogens with zero attached hydrogens (tertiary/aromatic N) is 1. The van der Waals surface area contributed by atoms with Gasteiger partial charge in [-0.2, -0.15) is 0 Å². The molecule has 1 saturated heterocycles. The summed E-state index contributed by atoms with van der Waals surface area (Å²) in [5, 5.41) is 3.54. The summed E-state index contributed by atoms with van der Waals surface area (Å²) < 4.78 is 0. The first-order chi connectivity index (χ1) is 8.83. The molecule has 1 aromatic rings. The summed E-state index contributed by atoms with van der Waals surface area (Å²) >= 11 is 0. The zero-order chi connectivity index (χ0) is 12.4. The molecular weight excluding hydrogens is 224 g/mol. The van der Waals surface area contributed by atoms with Crippen molar-refractivity contribution in [1.82, 2.24) is 10.3 Å². The molecule has 3 heteroatoms. The van der Waals surface area contributed by atoms with E-state index in [1.165, 1.54) is 25.7 Å². The average Bonchev–Trinajstić information content (AvgIpc) is 2.84. The molecule has 3 atom stereocenters. The van der Waals surface area contributed by atoms with Crippen LogP contribution in [0, 0.1) is 5.92 Å². The van der Waals surface area contributed by atoms with Crippen LogP contribution in [-0.4, -0.2) is 22.9 Å². The van der Waals surface area contributed by atoms with Gasteiger partial charge in [-0.05, 0) is 36.8 Å². The Balaban J connectivity index is 1.60. The van der Waals surface area contributed by atoms with E-state index in [4.69, 9.17) is 0 Å². The first-order valence-electron chi connectivity index (χ1n) is 7.00. The molecule has 2 aliphatic rings. The summed E-state index contributed by atoms with van der Waals surface area (Å²) in [6.45, 7) is 0. The normalized spacial score (nSPS) is 31.0. The smallest absolute Gasteiger partial charge is 0.154 e. The standard InChI is InChI=1S/C15H20N2O/c18-15(8-11-4-3-7-16-10-11)14-9-12-5-1-2-6-13(12)17-14/h3-4,7,10,12-14,17H,1-2,5-6,8-9H2. The maximum atomic E-state index is 12.3. The van der Waals surface area contributed by atoms with E-state index >= 15 is 0 Å². The Morgan fingerprint density at radius 1 is 1.39 bits per heavy atom. The minimum absolute atomic E-state index is 0.0818. The molecule has 1 aliphatic heterocycles. The third-order valence-electron chi connectivity index (χ3n) is 4.35. The number of pyridine rings is 1.